The fraction of sp³-hybridized carbons (Fsp3) is 0.375. The molecular weight excluding hydrogens is 395 g/mol. The Labute approximate surface area is 181 Å². The van der Waals surface area contributed by atoms with Crippen LogP contribution in [0.4, 0.5) is 10.1 Å². The fourth-order valence-corrected chi connectivity index (χ4v) is 3.90. The fourth-order valence-electron chi connectivity index (χ4n) is 3.90. The Hall–Kier alpha value is -3.22. The zero-order valence-electron chi connectivity index (χ0n) is 18.0. The molecule has 162 valence electrons. The molecule has 0 N–H and O–H groups in total. The minimum absolute atomic E-state index is 0.166. The average Bonchev–Trinajstić information content (AvgIpc) is 3.25. The molecule has 1 aromatic heterocycles. The van der Waals surface area contributed by atoms with Crippen LogP contribution in [-0.4, -0.2) is 47.1 Å². The Morgan fingerprint density at radius 1 is 1.06 bits per heavy atom. The number of hydrogen-bond donors (Lipinski definition) is 0. The van der Waals surface area contributed by atoms with Crippen molar-refractivity contribution >= 4 is 11.6 Å². The summed E-state index contributed by atoms with van der Waals surface area (Å²) >= 11 is 0. The number of carbonyl (C=O) groups is 1. The van der Waals surface area contributed by atoms with Gasteiger partial charge in [0.15, 0.2) is 0 Å². The van der Waals surface area contributed by atoms with Gasteiger partial charge in [0.25, 0.3) is 0 Å². The highest BCUT2D eigenvalue weighted by atomic mass is 19.1. The summed E-state index contributed by atoms with van der Waals surface area (Å²) in [6, 6.07) is 12.3. The third-order valence-electron chi connectivity index (χ3n) is 5.90. The maximum absolute atomic E-state index is 13.0. The number of amides is 1. The van der Waals surface area contributed by atoms with Crippen molar-refractivity contribution in [2.24, 2.45) is 0 Å². The highest BCUT2D eigenvalue weighted by Gasteiger charge is 2.22. The zero-order chi connectivity index (χ0) is 21.8. The van der Waals surface area contributed by atoms with Gasteiger partial charge in [-0.2, -0.15) is 4.98 Å². The van der Waals surface area contributed by atoms with Gasteiger partial charge in [-0.05, 0) is 61.7 Å². The summed E-state index contributed by atoms with van der Waals surface area (Å²) in [5.41, 5.74) is 4.57. The summed E-state index contributed by atoms with van der Waals surface area (Å²) in [5.74, 6) is 0.787. The molecule has 1 fully saturated rings. The lowest BCUT2D eigenvalue weighted by molar-refractivity contribution is -0.131. The van der Waals surface area contributed by atoms with Crippen LogP contribution in [0.5, 0.6) is 0 Å². The summed E-state index contributed by atoms with van der Waals surface area (Å²) in [6.07, 6.45) is 1.65. The first-order valence-corrected chi connectivity index (χ1v) is 10.7. The number of rotatable bonds is 6. The van der Waals surface area contributed by atoms with Gasteiger partial charge in [-0.1, -0.05) is 17.3 Å². The molecule has 6 nitrogen and oxygen atoms in total. The van der Waals surface area contributed by atoms with Crippen molar-refractivity contribution in [3.63, 3.8) is 0 Å². The van der Waals surface area contributed by atoms with E-state index in [9.17, 15) is 9.18 Å². The molecule has 1 aliphatic rings. The van der Waals surface area contributed by atoms with E-state index in [1.165, 1.54) is 28.9 Å². The first-order valence-electron chi connectivity index (χ1n) is 10.7. The van der Waals surface area contributed by atoms with E-state index < -0.39 is 0 Å². The first-order chi connectivity index (χ1) is 15.0. The number of piperazine rings is 1. The summed E-state index contributed by atoms with van der Waals surface area (Å²) in [5, 5.41) is 3.94. The second-order valence-corrected chi connectivity index (χ2v) is 7.96. The molecule has 7 heteroatoms. The SMILES string of the molecule is Cc1cccc(N2CCN(C(=O)CCCc3nc(-c4ccc(F)cc4)no3)CC2)c1C. The minimum atomic E-state index is -0.305. The molecule has 0 bridgehead atoms. The highest BCUT2D eigenvalue weighted by Crippen LogP contribution is 2.24. The predicted octanol–water partition coefficient (Wildman–Crippen LogP) is 4.16. The molecular formula is C24H27FN4O2. The van der Waals surface area contributed by atoms with Crippen molar-refractivity contribution < 1.29 is 13.7 Å². The van der Waals surface area contributed by atoms with E-state index in [0.29, 0.717) is 36.5 Å². The molecule has 1 amide bonds. The van der Waals surface area contributed by atoms with Gasteiger partial charge in [-0.3, -0.25) is 4.79 Å². The quantitative estimate of drug-likeness (QED) is 0.597. The number of aromatic nitrogens is 2. The van der Waals surface area contributed by atoms with Gasteiger partial charge in [-0.25, -0.2) is 4.39 Å². The monoisotopic (exact) mass is 422 g/mol. The van der Waals surface area contributed by atoms with Gasteiger partial charge in [-0.15, -0.1) is 0 Å². The molecule has 2 aromatic carbocycles. The second-order valence-electron chi connectivity index (χ2n) is 7.96. The van der Waals surface area contributed by atoms with Crippen molar-refractivity contribution in [3.05, 3.63) is 65.3 Å². The smallest absolute Gasteiger partial charge is 0.226 e. The Balaban J connectivity index is 1.24. The molecule has 1 aliphatic heterocycles. The number of halogens is 1. The number of carbonyl (C=O) groups excluding carboxylic acids is 1. The van der Waals surface area contributed by atoms with Gasteiger partial charge in [0, 0.05) is 50.3 Å². The number of aryl methyl sites for hydroxylation is 2. The van der Waals surface area contributed by atoms with Crippen LogP contribution in [0.3, 0.4) is 0 Å². The van der Waals surface area contributed by atoms with Crippen molar-refractivity contribution in [1.29, 1.82) is 0 Å². The summed E-state index contributed by atoms with van der Waals surface area (Å²) in [7, 11) is 0. The lowest BCUT2D eigenvalue weighted by Gasteiger charge is -2.37. The normalized spacial score (nSPS) is 14.2. The van der Waals surface area contributed by atoms with Crippen molar-refractivity contribution in [3.8, 4) is 11.4 Å². The van der Waals surface area contributed by atoms with Crippen LogP contribution in [-0.2, 0) is 11.2 Å². The maximum Gasteiger partial charge on any atom is 0.226 e. The lowest BCUT2D eigenvalue weighted by Crippen LogP contribution is -2.49. The lowest BCUT2D eigenvalue weighted by atomic mass is 10.1. The van der Waals surface area contributed by atoms with Gasteiger partial charge >= 0.3 is 0 Å². The van der Waals surface area contributed by atoms with Crippen LogP contribution in [0.2, 0.25) is 0 Å². The highest BCUT2D eigenvalue weighted by molar-refractivity contribution is 5.76. The summed E-state index contributed by atoms with van der Waals surface area (Å²) < 4.78 is 18.3. The standard InChI is InChI=1S/C24H27FN4O2/c1-17-5-3-6-21(18(17)2)28-13-15-29(16-14-28)23(30)8-4-7-22-26-24(27-31-22)19-9-11-20(25)12-10-19/h3,5-6,9-12H,4,7-8,13-16H2,1-2H3. The first kappa shape index (κ1) is 21.0. The topological polar surface area (TPSA) is 62.5 Å². The van der Waals surface area contributed by atoms with E-state index in [2.05, 4.69) is 47.1 Å². The van der Waals surface area contributed by atoms with E-state index in [1.54, 1.807) is 12.1 Å². The average molecular weight is 423 g/mol. The van der Waals surface area contributed by atoms with Gasteiger partial charge in [0.2, 0.25) is 17.6 Å². The van der Waals surface area contributed by atoms with E-state index in [1.807, 2.05) is 4.90 Å². The van der Waals surface area contributed by atoms with E-state index in [4.69, 9.17) is 4.52 Å². The largest absolute Gasteiger partial charge is 0.368 e. The zero-order valence-corrected chi connectivity index (χ0v) is 18.0. The second kappa shape index (κ2) is 9.29. The Bertz CT molecular complexity index is 1040. The molecule has 3 aromatic rings. The number of anilines is 1. The molecule has 0 radical (unpaired) electrons. The molecule has 4 rings (SSSR count). The Morgan fingerprint density at radius 2 is 1.81 bits per heavy atom. The van der Waals surface area contributed by atoms with Crippen LogP contribution in [0.15, 0.2) is 47.0 Å². The van der Waals surface area contributed by atoms with Gasteiger partial charge in [0.1, 0.15) is 5.82 Å². The van der Waals surface area contributed by atoms with Crippen molar-refractivity contribution in [1.82, 2.24) is 15.0 Å². The third kappa shape index (κ3) is 4.93. The summed E-state index contributed by atoms with van der Waals surface area (Å²) in [6.45, 7) is 7.45. The van der Waals surface area contributed by atoms with Crippen LogP contribution in [0.25, 0.3) is 11.4 Å². The van der Waals surface area contributed by atoms with Crippen molar-refractivity contribution in [2.75, 3.05) is 31.1 Å². The molecule has 0 unspecified atom stereocenters. The third-order valence-corrected chi connectivity index (χ3v) is 5.90. The molecule has 0 spiro atoms. The predicted molar refractivity (Wildman–Crippen MR) is 117 cm³/mol. The molecule has 1 saturated heterocycles. The van der Waals surface area contributed by atoms with Crippen LogP contribution in [0.1, 0.15) is 29.9 Å². The Kier molecular flexibility index (Phi) is 6.30. The van der Waals surface area contributed by atoms with E-state index >= 15 is 0 Å². The van der Waals surface area contributed by atoms with Gasteiger partial charge in [0.05, 0.1) is 0 Å². The van der Waals surface area contributed by atoms with Gasteiger partial charge < -0.3 is 14.3 Å². The van der Waals surface area contributed by atoms with Crippen LogP contribution >= 0.6 is 0 Å². The van der Waals surface area contributed by atoms with E-state index in [0.717, 1.165) is 26.2 Å². The molecule has 0 atom stereocenters. The Morgan fingerprint density at radius 3 is 2.55 bits per heavy atom. The van der Waals surface area contributed by atoms with E-state index in [-0.39, 0.29) is 11.7 Å². The molecule has 2 heterocycles. The van der Waals surface area contributed by atoms with Crippen LogP contribution < -0.4 is 4.90 Å². The number of benzene rings is 2. The van der Waals surface area contributed by atoms with Crippen molar-refractivity contribution in [2.45, 2.75) is 33.1 Å². The maximum atomic E-state index is 13.0. The minimum Gasteiger partial charge on any atom is -0.368 e. The molecule has 31 heavy (non-hydrogen) atoms. The number of hydrogen-bond acceptors (Lipinski definition) is 5. The molecule has 0 aliphatic carbocycles. The summed E-state index contributed by atoms with van der Waals surface area (Å²) in [4.78, 5) is 21.3. The van der Waals surface area contributed by atoms with Crippen LogP contribution in [0, 0.1) is 19.7 Å². The number of nitrogens with zero attached hydrogens (tertiary/aromatic N) is 4. The molecule has 0 saturated carbocycles.